The highest BCUT2D eigenvalue weighted by molar-refractivity contribution is 5.28. The monoisotopic (exact) mass is 291 g/mol. The average molecular weight is 291 g/mol. The molecule has 1 N–H and O–H groups in total. The fraction of sp³-hybridized carbons (Fsp3) is 0.647. The zero-order valence-corrected chi connectivity index (χ0v) is 13.9. The first-order valence-electron chi connectivity index (χ1n) is 7.81. The van der Waals surface area contributed by atoms with Gasteiger partial charge in [0.2, 0.25) is 0 Å². The molecule has 0 radical (unpaired) electrons. The highest BCUT2D eigenvalue weighted by atomic mass is 16.5. The Bertz CT molecular complexity index is 447. The topological polar surface area (TPSA) is 27.7 Å². The van der Waals surface area contributed by atoms with Crippen molar-refractivity contribution in [3.8, 4) is 5.75 Å². The number of nitrogens with zero attached hydrogens (tertiary/aromatic N) is 2. The number of likely N-dealkylation sites (N-methyl/N-ethyl adjacent to an activating group) is 1. The van der Waals surface area contributed by atoms with Crippen LogP contribution in [0.4, 0.5) is 0 Å². The van der Waals surface area contributed by atoms with Gasteiger partial charge in [0.1, 0.15) is 12.4 Å². The second kappa shape index (κ2) is 7.25. The van der Waals surface area contributed by atoms with Gasteiger partial charge in [-0.15, -0.1) is 0 Å². The van der Waals surface area contributed by atoms with Crippen molar-refractivity contribution in [1.29, 1.82) is 0 Å². The predicted octanol–water partition coefficient (Wildman–Crippen LogP) is 1.81. The Hall–Kier alpha value is -1.10. The second-order valence-corrected chi connectivity index (χ2v) is 6.54. The van der Waals surface area contributed by atoms with E-state index in [1.165, 1.54) is 5.56 Å². The first-order valence-corrected chi connectivity index (χ1v) is 7.81. The van der Waals surface area contributed by atoms with Crippen LogP contribution < -0.4 is 10.1 Å². The molecule has 1 fully saturated rings. The summed E-state index contributed by atoms with van der Waals surface area (Å²) in [6.45, 7) is 10.6. The molecule has 1 heterocycles. The van der Waals surface area contributed by atoms with Gasteiger partial charge in [-0.05, 0) is 45.6 Å². The van der Waals surface area contributed by atoms with Gasteiger partial charge >= 0.3 is 0 Å². The van der Waals surface area contributed by atoms with E-state index < -0.39 is 0 Å². The number of ether oxygens (including phenoxy) is 1. The minimum absolute atomic E-state index is 0.255. The standard InChI is InChI=1S/C17H29N3O/c1-17(2)14-20(9-8-19(17)4)10-11-21-16-7-5-6-15(12-16)13-18-3/h5-7,12,18H,8-11,13-14H2,1-4H3. The molecular weight excluding hydrogens is 262 g/mol. The molecule has 1 aromatic rings. The lowest BCUT2D eigenvalue weighted by molar-refractivity contribution is 0.0338. The number of hydrogen-bond acceptors (Lipinski definition) is 4. The lowest BCUT2D eigenvalue weighted by Gasteiger charge is -2.45. The molecule has 0 unspecified atom stereocenters. The van der Waals surface area contributed by atoms with E-state index in [2.05, 4.69) is 54.2 Å². The molecule has 0 amide bonds. The van der Waals surface area contributed by atoms with Crippen LogP contribution in [0.1, 0.15) is 19.4 Å². The molecule has 0 aliphatic carbocycles. The molecule has 21 heavy (non-hydrogen) atoms. The summed E-state index contributed by atoms with van der Waals surface area (Å²) >= 11 is 0. The van der Waals surface area contributed by atoms with Crippen LogP contribution in [0.25, 0.3) is 0 Å². The first-order chi connectivity index (χ1) is 10.0. The van der Waals surface area contributed by atoms with Gasteiger partial charge in [-0.3, -0.25) is 9.80 Å². The molecule has 0 saturated carbocycles. The largest absolute Gasteiger partial charge is 0.492 e. The summed E-state index contributed by atoms with van der Waals surface area (Å²) in [5, 5.41) is 3.16. The van der Waals surface area contributed by atoms with E-state index in [0.717, 1.165) is 45.1 Å². The molecule has 0 aromatic heterocycles. The van der Waals surface area contributed by atoms with E-state index >= 15 is 0 Å². The number of nitrogens with one attached hydrogen (secondary N) is 1. The third-order valence-corrected chi connectivity index (χ3v) is 4.35. The van der Waals surface area contributed by atoms with Gasteiger partial charge in [-0.2, -0.15) is 0 Å². The third kappa shape index (κ3) is 4.70. The van der Waals surface area contributed by atoms with Crippen molar-refractivity contribution in [2.75, 3.05) is 46.9 Å². The lowest BCUT2D eigenvalue weighted by atomic mass is 10.00. The molecule has 0 bridgehead atoms. The lowest BCUT2D eigenvalue weighted by Crippen LogP contribution is -2.58. The smallest absolute Gasteiger partial charge is 0.119 e. The highest BCUT2D eigenvalue weighted by Gasteiger charge is 2.30. The Balaban J connectivity index is 1.78. The van der Waals surface area contributed by atoms with Crippen molar-refractivity contribution in [2.24, 2.45) is 0 Å². The van der Waals surface area contributed by atoms with Crippen LogP contribution in [-0.2, 0) is 6.54 Å². The summed E-state index contributed by atoms with van der Waals surface area (Å²) < 4.78 is 5.91. The van der Waals surface area contributed by atoms with Crippen LogP contribution in [0.15, 0.2) is 24.3 Å². The Kier molecular flexibility index (Phi) is 5.62. The molecule has 0 atom stereocenters. The normalized spacial score (nSPS) is 19.6. The summed E-state index contributed by atoms with van der Waals surface area (Å²) in [5.41, 5.74) is 1.51. The fourth-order valence-corrected chi connectivity index (χ4v) is 2.77. The van der Waals surface area contributed by atoms with Gasteiger partial charge in [-0.25, -0.2) is 0 Å². The summed E-state index contributed by atoms with van der Waals surface area (Å²) in [6, 6.07) is 8.32. The average Bonchev–Trinajstić information content (AvgIpc) is 2.43. The molecule has 118 valence electrons. The summed E-state index contributed by atoms with van der Waals surface area (Å²) in [4.78, 5) is 4.93. The minimum atomic E-state index is 0.255. The van der Waals surface area contributed by atoms with E-state index in [9.17, 15) is 0 Å². The van der Waals surface area contributed by atoms with Gasteiger partial charge in [0.05, 0.1) is 0 Å². The van der Waals surface area contributed by atoms with Gasteiger partial charge < -0.3 is 10.1 Å². The van der Waals surface area contributed by atoms with E-state index in [4.69, 9.17) is 4.74 Å². The number of piperazine rings is 1. The summed E-state index contributed by atoms with van der Waals surface area (Å²) in [5.74, 6) is 0.969. The van der Waals surface area contributed by atoms with Gasteiger partial charge in [-0.1, -0.05) is 12.1 Å². The first kappa shape index (κ1) is 16.3. The third-order valence-electron chi connectivity index (χ3n) is 4.35. The predicted molar refractivity (Wildman–Crippen MR) is 87.8 cm³/mol. The Labute approximate surface area is 129 Å². The number of hydrogen-bond donors (Lipinski definition) is 1. The van der Waals surface area contributed by atoms with Gasteiger partial charge in [0, 0.05) is 38.3 Å². The van der Waals surface area contributed by atoms with E-state index in [-0.39, 0.29) is 5.54 Å². The Morgan fingerprint density at radius 1 is 1.29 bits per heavy atom. The highest BCUT2D eigenvalue weighted by Crippen LogP contribution is 2.19. The van der Waals surface area contributed by atoms with Crippen LogP contribution in [0, 0.1) is 0 Å². The van der Waals surface area contributed by atoms with Crippen LogP contribution in [0.2, 0.25) is 0 Å². The molecular formula is C17H29N3O. The zero-order valence-electron chi connectivity index (χ0n) is 13.9. The van der Waals surface area contributed by atoms with Crippen LogP contribution in [-0.4, -0.2) is 62.2 Å². The van der Waals surface area contributed by atoms with Crippen molar-refractivity contribution >= 4 is 0 Å². The van der Waals surface area contributed by atoms with Crippen molar-refractivity contribution in [3.63, 3.8) is 0 Å². The Morgan fingerprint density at radius 3 is 2.81 bits per heavy atom. The molecule has 4 heteroatoms. The maximum atomic E-state index is 5.91. The maximum absolute atomic E-state index is 5.91. The fourth-order valence-electron chi connectivity index (χ4n) is 2.77. The van der Waals surface area contributed by atoms with Gasteiger partial charge in [0.15, 0.2) is 0 Å². The van der Waals surface area contributed by atoms with Crippen LogP contribution >= 0.6 is 0 Å². The number of rotatable bonds is 6. The van der Waals surface area contributed by atoms with Crippen LogP contribution in [0.5, 0.6) is 5.75 Å². The maximum Gasteiger partial charge on any atom is 0.119 e. The molecule has 0 spiro atoms. The minimum Gasteiger partial charge on any atom is -0.492 e. The molecule has 1 saturated heterocycles. The second-order valence-electron chi connectivity index (χ2n) is 6.54. The quantitative estimate of drug-likeness (QED) is 0.865. The van der Waals surface area contributed by atoms with Crippen molar-refractivity contribution in [2.45, 2.75) is 25.9 Å². The molecule has 2 rings (SSSR count). The van der Waals surface area contributed by atoms with E-state index in [1.54, 1.807) is 0 Å². The van der Waals surface area contributed by atoms with Crippen molar-refractivity contribution in [3.05, 3.63) is 29.8 Å². The van der Waals surface area contributed by atoms with E-state index in [1.807, 2.05) is 13.1 Å². The molecule has 1 aliphatic heterocycles. The zero-order chi connectivity index (χ0) is 15.3. The SMILES string of the molecule is CNCc1cccc(OCCN2CCN(C)C(C)(C)C2)c1. The Morgan fingerprint density at radius 2 is 2.10 bits per heavy atom. The molecule has 4 nitrogen and oxygen atoms in total. The summed E-state index contributed by atoms with van der Waals surface area (Å²) in [6.07, 6.45) is 0. The molecule has 1 aromatic carbocycles. The number of benzene rings is 1. The van der Waals surface area contributed by atoms with Crippen molar-refractivity contribution in [1.82, 2.24) is 15.1 Å². The van der Waals surface area contributed by atoms with E-state index in [0.29, 0.717) is 0 Å². The van der Waals surface area contributed by atoms with Crippen LogP contribution in [0.3, 0.4) is 0 Å². The summed E-state index contributed by atoms with van der Waals surface area (Å²) in [7, 11) is 4.17. The van der Waals surface area contributed by atoms with Gasteiger partial charge in [0.25, 0.3) is 0 Å². The van der Waals surface area contributed by atoms with Crippen molar-refractivity contribution < 1.29 is 4.74 Å². The molecule has 1 aliphatic rings.